The zero-order valence-electron chi connectivity index (χ0n) is 14.4. The predicted molar refractivity (Wildman–Crippen MR) is 105 cm³/mol. The number of carbonyl (C=O) groups excluding carboxylic acids is 2. The Hall–Kier alpha value is -2.60. The summed E-state index contributed by atoms with van der Waals surface area (Å²) in [6.45, 7) is 2.70. The molecule has 2 heterocycles. The van der Waals surface area contributed by atoms with Gasteiger partial charge >= 0.3 is 0 Å². The van der Waals surface area contributed by atoms with Crippen LogP contribution in [0, 0.1) is 0 Å². The number of hydrogen-bond acceptors (Lipinski definition) is 4. The number of thioether (sulfide) groups is 1. The lowest BCUT2D eigenvalue weighted by Gasteiger charge is -2.30. The molecule has 2 aromatic rings. The molecule has 2 aromatic carbocycles. The first-order valence-electron chi connectivity index (χ1n) is 8.68. The molecule has 132 valence electrons. The normalized spacial score (nSPS) is 19.4. The number of nitrogens with one attached hydrogen (secondary N) is 1. The van der Waals surface area contributed by atoms with Gasteiger partial charge in [0, 0.05) is 17.8 Å². The molecule has 2 aliphatic rings. The fourth-order valence-electron chi connectivity index (χ4n) is 3.44. The molecule has 1 unspecified atom stereocenters. The minimum Gasteiger partial charge on any atom is -0.308 e. The maximum atomic E-state index is 12.9. The van der Waals surface area contributed by atoms with E-state index in [4.69, 9.17) is 0 Å². The molecule has 0 saturated carbocycles. The molecule has 0 spiro atoms. The van der Waals surface area contributed by atoms with E-state index in [-0.39, 0.29) is 16.4 Å². The van der Waals surface area contributed by atoms with Gasteiger partial charge in [-0.25, -0.2) is 5.43 Å². The lowest BCUT2D eigenvalue weighted by Crippen LogP contribution is -2.36. The number of anilines is 1. The molecule has 1 N–H and O–H groups in total. The summed E-state index contributed by atoms with van der Waals surface area (Å²) >= 11 is 1.24. The van der Waals surface area contributed by atoms with Crippen LogP contribution in [-0.4, -0.2) is 28.7 Å². The van der Waals surface area contributed by atoms with Crippen molar-refractivity contribution < 1.29 is 9.59 Å². The fraction of sp³-hybridized carbons (Fsp3) is 0.250. The summed E-state index contributed by atoms with van der Waals surface area (Å²) in [7, 11) is 0. The summed E-state index contributed by atoms with van der Waals surface area (Å²) < 4.78 is 0. The van der Waals surface area contributed by atoms with Crippen LogP contribution in [0.4, 0.5) is 10.5 Å². The number of fused-ring (bicyclic) bond motifs is 1. The molecule has 0 aliphatic carbocycles. The molecule has 0 radical (unpaired) electrons. The Morgan fingerprint density at radius 3 is 2.81 bits per heavy atom. The van der Waals surface area contributed by atoms with Crippen molar-refractivity contribution in [2.75, 3.05) is 11.4 Å². The lowest BCUT2D eigenvalue weighted by atomic mass is 9.96. The third-order valence-electron chi connectivity index (χ3n) is 4.70. The molecule has 4 rings (SSSR count). The van der Waals surface area contributed by atoms with Gasteiger partial charge in [-0.1, -0.05) is 36.0 Å². The van der Waals surface area contributed by atoms with Gasteiger partial charge in [-0.3, -0.25) is 9.59 Å². The van der Waals surface area contributed by atoms with Crippen molar-refractivity contribution in [2.24, 2.45) is 5.10 Å². The average Bonchev–Trinajstić information content (AvgIpc) is 2.67. The first-order chi connectivity index (χ1) is 12.6. The zero-order valence-corrected chi connectivity index (χ0v) is 15.3. The highest BCUT2D eigenvalue weighted by Crippen LogP contribution is 2.31. The quantitative estimate of drug-likeness (QED) is 0.880. The van der Waals surface area contributed by atoms with Gasteiger partial charge in [0.15, 0.2) is 0 Å². The molecule has 0 aromatic heterocycles. The summed E-state index contributed by atoms with van der Waals surface area (Å²) in [5, 5.41) is 4.11. The molecular formula is C20H19N3O2S. The Morgan fingerprint density at radius 2 is 2.04 bits per heavy atom. The second-order valence-corrected chi connectivity index (χ2v) is 7.74. The van der Waals surface area contributed by atoms with Crippen molar-refractivity contribution in [3.05, 3.63) is 65.2 Å². The summed E-state index contributed by atoms with van der Waals surface area (Å²) in [6.07, 6.45) is 1.87. The van der Waals surface area contributed by atoms with E-state index in [0.717, 1.165) is 41.9 Å². The van der Waals surface area contributed by atoms with Crippen molar-refractivity contribution in [3.8, 4) is 0 Å². The molecule has 0 fully saturated rings. The number of amides is 2. The van der Waals surface area contributed by atoms with Gasteiger partial charge in [-0.2, -0.15) is 5.10 Å². The standard InChI is InChI=1S/C20H19N3O2S/c1-13-18(21-22-20(25)26-13)16-9-10-17-15(12-16)8-5-11-23(17)19(24)14-6-3-2-4-7-14/h2-4,6-7,9-10,12-13H,5,8,11H2,1H3,(H,22,25). The number of hydrogen-bond donors (Lipinski definition) is 1. The van der Waals surface area contributed by atoms with Gasteiger partial charge in [0.05, 0.1) is 11.0 Å². The number of hydrazone groups is 1. The van der Waals surface area contributed by atoms with E-state index < -0.39 is 0 Å². The Balaban J connectivity index is 1.66. The Labute approximate surface area is 156 Å². The van der Waals surface area contributed by atoms with Crippen molar-refractivity contribution in [1.82, 2.24) is 5.43 Å². The molecule has 26 heavy (non-hydrogen) atoms. The first kappa shape index (κ1) is 16.8. The van der Waals surface area contributed by atoms with Crippen LogP contribution in [0.3, 0.4) is 0 Å². The third kappa shape index (κ3) is 3.12. The van der Waals surface area contributed by atoms with Crippen molar-refractivity contribution in [2.45, 2.75) is 25.0 Å². The van der Waals surface area contributed by atoms with E-state index in [1.165, 1.54) is 11.8 Å². The van der Waals surface area contributed by atoms with Gasteiger partial charge in [0.25, 0.3) is 11.1 Å². The molecule has 6 heteroatoms. The SMILES string of the molecule is CC1SC(=O)NN=C1c1ccc2c(c1)CCCN2C(=O)c1ccccc1. The molecule has 5 nitrogen and oxygen atoms in total. The van der Waals surface area contributed by atoms with Crippen LogP contribution in [0.2, 0.25) is 0 Å². The predicted octanol–water partition coefficient (Wildman–Crippen LogP) is 3.83. The Morgan fingerprint density at radius 1 is 1.23 bits per heavy atom. The van der Waals surface area contributed by atoms with E-state index in [1.807, 2.05) is 54.3 Å². The summed E-state index contributed by atoms with van der Waals surface area (Å²) in [4.78, 5) is 26.2. The molecular weight excluding hydrogens is 346 g/mol. The van der Waals surface area contributed by atoms with E-state index in [2.05, 4.69) is 16.6 Å². The highest BCUT2D eigenvalue weighted by Gasteiger charge is 2.26. The molecule has 0 bridgehead atoms. The largest absolute Gasteiger partial charge is 0.308 e. The van der Waals surface area contributed by atoms with Gasteiger partial charge in [-0.15, -0.1) is 0 Å². The summed E-state index contributed by atoms with van der Waals surface area (Å²) in [6, 6.07) is 15.5. The fourth-order valence-corrected chi connectivity index (χ4v) is 4.16. The van der Waals surface area contributed by atoms with E-state index in [1.54, 1.807) is 0 Å². The highest BCUT2D eigenvalue weighted by atomic mass is 32.2. The number of benzene rings is 2. The molecule has 0 saturated heterocycles. The van der Waals surface area contributed by atoms with Gasteiger partial charge in [0.2, 0.25) is 0 Å². The van der Waals surface area contributed by atoms with Crippen LogP contribution in [0.5, 0.6) is 0 Å². The smallest absolute Gasteiger partial charge is 0.299 e. The molecule has 2 amide bonds. The van der Waals surface area contributed by atoms with Gasteiger partial charge in [-0.05, 0) is 55.2 Å². The number of aryl methyl sites for hydroxylation is 1. The zero-order chi connectivity index (χ0) is 18.1. The number of carbonyl (C=O) groups is 2. The van der Waals surface area contributed by atoms with Crippen LogP contribution < -0.4 is 10.3 Å². The minimum absolute atomic E-state index is 0.00689. The number of rotatable bonds is 2. The van der Waals surface area contributed by atoms with Crippen LogP contribution in [0.25, 0.3) is 0 Å². The van der Waals surface area contributed by atoms with E-state index in [9.17, 15) is 9.59 Å². The highest BCUT2D eigenvalue weighted by molar-refractivity contribution is 8.14. The summed E-state index contributed by atoms with van der Waals surface area (Å²) in [5.41, 5.74) is 7.22. The maximum Gasteiger partial charge on any atom is 0.299 e. The molecule has 1 atom stereocenters. The van der Waals surface area contributed by atoms with Crippen LogP contribution >= 0.6 is 11.8 Å². The van der Waals surface area contributed by atoms with Crippen molar-refractivity contribution in [3.63, 3.8) is 0 Å². The third-order valence-corrected chi connectivity index (χ3v) is 5.58. The lowest BCUT2D eigenvalue weighted by molar-refractivity contribution is 0.0985. The molecule has 2 aliphatic heterocycles. The minimum atomic E-state index is -0.126. The van der Waals surface area contributed by atoms with Crippen molar-refractivity contribution >= 4 is 34.3 Å². The Bertz CT molecular complexity index is 895. The second-order valence-electron chi connectivity index (χ2n) is 6.43. The first-order valence-corrected chi connectivity index (χ1v) is 9.56. The van der Waals surface area contributed by atoms with E-state index >= 15 is 0 Å². The van der Waals surface area contributed by atoms with Gasteiger partial charge in [0.1, 0.15) is 0 Å². The monoisotopic (exact) mass is 365 g/mol. The second kappa shape index (κ2) is 6.96. The topological polar surface area (TPSA) is 61.8 Å². The number of nitrogens with zero attached hydrogens (tertiary/aromatic N) is 2. The van der Waals surface area contributed by atoms with Crippen LogP contribution in [0.15, 0.2) is 53.6 Å². The van der Waals surface area contributed by atoms with Crippen molar-refractivity contribution in [1.29, 1.82) is 0 Å². The summed E-state index contributed by atoms with van der Waals surface area (Å²) in [5.74, 6) is 0.0329. The average molecular weight is 365 g/mol. The van der Waals surface area contributed by atoms with Gasteiger partial charge < -0.3 is 4.90 Å². The van der Waals surface area contributed by atoms with Crippen LogP contribution in [-0.2, 0) is 6.42 Å². The van der Waals surface area contributed by atoms with Crippen LogP contribution in [0.1, 0.15) is 34.8 Å². The van der Waals surface area contributed by atoms with E-state index in [0.29, 0.717) is 5.56 Å². The Kier molecular flexibility index (Phi) is 4.51. The maximum absolute atomic E-state index is 12.9.